The molecule has 1 N–H and O–H groups in total. The van der Waals surface area contributed by atoms with Crippen molar-refractivity contribution in [3.05, 3.63) is 0 Å². The largest absolute Gasteiger partial charge is 0.362 e. The first-order chi connectivity index (χ1) is 8.91. The molecular formula is C16H30N2S. The number of hydrogen-bond donors (Lipinski definition) is 1. The van der Waals surface area contributed by atoms with Crippen molar-refractivity contribution in [1.82, 2.24) is 5.32 Å². The molecule has 3 heteroatoms. The van der Waals surface area contributed by atoms with Crippen LogP contribution < -0.4 is 5.32 Å². The van der Waals surface area contributed by atoms with Gasteiger partial charge in [0.25, 0.3) is 0 Å². The van der Waals surface area contributed by atoms with Crippen LogP contribution in [0.3, 0.4) is 0 Å². The zero-order valence-corrected chi connectivity index (χ0v) is 14.0. The van der Waals surface area contributed by atoms with Gasteiger partial charge in [0.05, 0.1) is 6.04 Å². The maximum Gasteiger partial charge on any atom is 0.157 e. The Hall–Kier alpha value is -0.180. The van der Waals surface area contributed by atoms with Gasteiger partial charge in [0.1, 0.15) is 0 Å². The Morgan fingerprint density at radius 3 is 2.58 bits per heavy atom. The Labute approximate surface area is 123 Å². The highest BCUT2D eigenvalue weighted by atomic mass is 32.2. The Morgan fingerprint density at radius 1 is 1.26 bits per heavy atom. The Bertz CT molecular complexity index is 332. The van der Waals surface area contributed by atoms with E-state index in [1.807, 2.05) is 11.8 Å². The Balaban J connectivity index is 1.97. The summed E-state index contributed by atoms with van der Waals surface area (Å²) < 4.78 is 0. The van der Waals surface area contributed by atoms with Gasteiger partial charge in [-0.3, -0.25) is 4.99 Å². The number of nitrogens with zero attached hydrogens (tertiary/aromatic N) is 1. The average molecular weight is 282 g/mol. The number of aliphatic imine (C=N–C) groups is 1. The summed E-state index contributed by atoms with van der Waals surface area (Å²) >= 11 is 1.92. The quantitative estimate of drug-likeness (QED) is 0.816. The second-order valence-electron chi connectivity index (χ2n) is 7.31. The molecule has 0 amide bonds. The van der Waals surface area contributed by atoms with E-state index in [4.69, 9.17) is 4.99 Å². The van der Waals surface area contributed by atoms with Crippen LogP contribution >= 0.6 is 11.8 Å². The highest BCUT2D eigenvalue weighted by Gasteiger charge is 2.33. The van der Waals surface area contributed by atoms with Crippen molar-refractivity contribution in [1.29, 1.82) is 0 Å². The van der Waals surface area contributed by atoms with E-state index in [-0.39, 0.29) is 0 Å². The van der Waals surface area contributed by atoms with Crippen LogP contribution in [0.5, 0.6) is 0 Å². The summed E-state index contributed by atoms with van der Waals surface area (Å²) in [5.74, 6) is 2.92. The van der Waals surface area contributed by atoms with E-state index in [1.54, 1.807) is 0 Å². The molecule has 0 bridgehead atoms. The van der Waals surface area contributed by atoms with Crippen molar-refractivity contribution >= 4 is 16.9 Å². The molecular weight excluding hydrogens is 252 g/mol. The summed E-state index contributed by atoms with van der Waals surface area (Å²) in [5.41, 5.74) is 0.293. The van der Waals surface area contributed by atoms with E-state index in [9.17, 15) is 0 Å². The molecule has 110 valence electrons. The van der Waals surface area contributed by atoms with Crippen LogP contribution in [-0.2, 0) is 0 Å². The third kappa shape index (κ3) is 3.68. The van der Waals surface area contributed by atoms with Gasteiger partial charge in [0.2, 0.25) is 0 Å². The van der Waals surface area contributed by atoms with Crippen LogP contribution in [0.1, 0.15) is 60.3 Å². The zero-order valence-electron chi connectivity index (χ0n) is 13.2. The third-order valence-corrected chi connectivity index (χ3v) is 5.90. The lowest BCUT2D eigenvalue weighted by atomic mass is 9.85. The van der Waals surface area contributed by atoms with Crippen molar-refractivity contribution in [3.8, 4) is 0 Å². The molecule has 0 saturated heterocycles. The van der Waals surface area contributed by atoms with Crippen molar-refractivity contribution in [3.63, 3.8) is 0 Å². The fourth-order valence-electron chi connectivity index (χ4n) is 3.40. The maximum absolute atomic E-state index is 4.97. The summed E-state index contributed by atoms with van der Waals surface area (Å²) in [7, 11) is 0. The minimum atomic E-state index is 0.293. The van der Waals surface area contributed by atoms with E-state index in [0.717, 1.165) is 11.8 Å². The molecule has 0 radical (unpaired) electrons. The van der Waals surface area contributed by atoms with Gasteiger partial charge < -0.3 is 5.32 Å². The molecule has 2 aliphatic rings. The van der Waals surface area contributed by atoms with Crippen LogP contribution in [0.4, 0.5) is 0 Å². The monoisotopic (exact) mass is 282 g/mol. The SMILES string of the molecule is CCC1CCC(NC2=NC(C(C)(C)C)CCS2)C1C. The third-order valence-electron chi connectivity index (χ3n) is 4.96. The van der Waals surface area contributed by atoms with Gasteiger partial charge in [0, 0.05) is 11.8 Å². The second kappa shape index (κ2) is 6.07. The van der Waals surface area contributed by atoms with Gasteiger partial charge in [-0.1, -0.05) is 52.8 Å². The predicted molar refractivity (Wildman–Crippen MR) is 86.9 cm³/mol. The maximum atomic E-state index is 4.97. The van der Waals surface area contributed by atoms with Crippen LogP contribution in [0.15, 0.2) is 4.99 Å². The zero-order chi connectivity index (χ0) is 14.0. The molecule has 4 unspecified atom stereocenters. The number of thioether (sulfide) groups is 1. The molecule has 0 aromatic carbocycles. The van der Waals surface area contributed by atoms with E-state index in [0.29, 0.717) is 17.5 Å². The first-order valence-electron chi connectivity index (χ1n) is 7.89. The second-order valence-corrected chi connectivity index (χ2v) is 8.39. The average Bonchev–Trinajstić information content (AvgIpc) is 2.70. The van der Waals surface area contributed by atoms with Gasteiger partial charge in [-0.15, -0.1) is 0 Å². The topological polar surface area (TPSA) is 24.4 Å². The summed E-state index contributed by atoms with van der Waals surface area (Å²) in [6, 6.07) is 1.13. The molecule has 4 atom stereocenters. The van der Waals surface area contributed by atoms with E-state index in [2.05, 4.69) is 39.9 Å². The molecule has 1 fully saturated rings. The van der Waals surface area contributed by atoms with Gasteiger partial charge in [-0.2, -0.15) is 0 Å². The van der Waals surface area contributed by atoms with Crippen LogP contribution in [0.2, 0.25) is 0 Å². The first-order valence-corrected chi connectivity index (χ1v) is 8.87. The molecule has 2 rings (SSSR count). The van der Waals surface area contributed by atoms with Gasteiger partial charge in [-0.05, 0) is 36.5 Å². The normalized spacial score (nSPS) is 36.2. The van der Waals surface area contributed by atoms with E-state index in [1.165, 1.54) is 36.6 Å². The molecule has 2 nitrogen and oxygen atoms in total. The van der Waals surface area contributed by atoms with E-state index >= 15 is 0 Å². The molecule has 1 heterocycles. The van der Waals surface area contributed by atoms with Gasteiger partial charge in [0.15, 0.2) is 5.17 Å². The predicted octanol–water partition coefficient (Wildman–Crippen LogP) is 4.31. The first kappa shape index (κ1) is 15.2. The molecule has 1 aliphatic carbocycles. The van der Waals surface area contributed by atoms with Crippen molar-refractivity contribution in [2.24, 2.45) is 22.2 Å². The fraction of sp³-hybridized carbons (Fsp3) is 0.938. The van der Waals surface area contributed by atoms with Crippen LogP contribution in [0, 0.1) is 17.3 Å². The minimum absolute atomic E-state index is 0.293. The highest BCUT2D eigenvalue weighted by molar-refractivity contribution is 8.13. The summed E-state index contributed by atoms with van der Waals surface area (Å²) in [5, 5.41) is 4.96. The van der Waals surface area contributed by atoms with E-state index < -0.39 is 0 Å². The smallest absolute Gasteiger partial charge is 0.157 e. The Kier molecular flexibility index (Phi) is 4.86. The lowest BCUT2D eigenvalue weighted by Crippen LogP contribution is -2.40. The molecule has 0 spiro atoms. The minimum Gasteiger partial charge on any atom is -0.362 e. The van der Waals surface area contributed by atoms with Crippen molar-refractivity contribution < 1.29 is 0 Å². The summed E-state index contributed by atoms with van der Waals surface area (Å²) in [6.07, 6.45) is 5.25. The molecule has 1 aliphatic heterocycles. The fourth-order valence-corrected chi connectivity index (χ4v) is 4.37. The van der Waals surface area contributed by atoms with Gasteiger partial charge >= 0.3 is 0 Å². The number of rotatable bonds is 2. The molecule has 0 aromatic rings. The lowest BCUT2D eigenvalue weighted by molar-refractivity contribution is 0.314. The highest BCUT2D eigenvalue weighted by Crippen LogP contribution is 2.35. The van der Waals surface area contributed by atoms with Crippen LogP contribution in [-0.4, -0.2) is 23.0 Å². The van der Waals surface area contributed by atoms with Crippen molar-refractivity contribution in [2.75, 3.05) is 5.75 Å². The Morgan fingerprint density at radius 2 is 2.00 bits per heavy atom. The summed E-state index contributed by atoms with van der Waals surface area (Å²) in [6.45, 7) is 11.7. The number of amidine groups is 1. The standard InChI is InChI=1S/C16H30N2S/c1-6-12-7-8-13(11(12)2)17-15-18-14(9-10-19-15)16(3,4)5/h11-14H,6-10H2,1-5H3,(H,17,18). The molecule has 1 saturated carbocycles. The molecule has 0 aromatic heterocycles. The van der Waals surface area contributed by atoms with Crippen LogP contribution in [0.25, 0.3) is 0 Å². The summed E-state index contributed by atoms with van der Waals surface area (Å²) in [4.78, 5) is 4.97. The number of nitrogens with one attached hydrogen (secondary N) is 1. The number of hydrogen-bond acceptors (Lipinski definition) is 3. The molecule has 19 heavy (non-hydrogen) atoms. The van der Waals surface area contributed by atoms with Gasteiger partial charge in [-0.25, -0.2) is 0 Å². The lowest BCUT2D eigenvalue weighted by Gasteiger charge is -2.32. The van der Waals surface area contributed by atoms with Crippen molar-refractivity contribution in [2.45, 2.75) is 72.4 Å².